The van der Waals surface area contributed by atoms with E-state index < -0.39 is 0 Å². The van der Waals surface area contributed by atoms with E-state index in [4.69, 9.17) is 0 Å². The van der Waals surface area contributed by atoms with Gasteiger partial charge in [0.1, 0.15) is 0 Å². The van der Waals surface area contributed by atoms with Gasteiger partial charge in [0, 0.05) is 19.1 Å². The van der Waals surface area contributed by atoms with Gasteiger partial charge in [-0.3, -0.25) is 0 Å². The average molecular weight is 198 g/mol. The summed E-state index contributed by atoms with van der Waals surface area (Å²) in [5, 5.41) is 13.1. The monoisotopic (exact) mass is 198 g/mol. The Morgan fingerprint density at radius 1 is 1.14 bits per heavy atom. The van der Waals surface area contributed by atoms with Crippen LogP contribution in [0.4, 0.5) is 0 Å². The molecule has 2 atom stereocenters. The molecule has 3 heteroatoms. The summed E-state index contributed by atoms with van der Waals surface area (Å²) in [4.78, 5) is 2.51. The largest absolute Gasteiger partial charge is 0.392 e. The summed E-state index contributed by atoms with van der Waals surface area (Å²) in [6.45, 7) is 4.74. The van der Waals surface area contributed by atoms with Crippen molar-refractivity contribution in [3.05, 3.63) is 0 Å². The second kappa shape index (κ2) is 5.10. The Balaban J connectivity index is 1.57. The fraction of sp³-hybridized carbons (Fsp3) is 1.00. The minimum atomic E-state index is -0.0893. The summed E-state index contributed by atoms with van der Waals surface area (Å²) in [7, 11) is 0. The molecule has 1 saturated heterocycles. The summed E-state index contributed by atoms with van der Waals surface area (Å²) < 4.78 is 0. The van der Waals surface area contributed by atoms with Gasteiger partial charge in [-0.2, -0.15) is 0 Å². The fourth-order valence-electron chi connectivity index (χ4n) is 2.59. The first-order valence-electron chi connectivity index (χ1n) is 6.00. The van der Waals surface area contributed by atoms with Gasteiger partial charge in [-0.15, -0.1) is 0 Å². The summed E-state index contributed by atoms with van der Waals surface area (Å²) in [5.41, 5.74) is 0. The number of likely N-dealkylation sites (tertiary alicyclic amines) is 1. The van der Waals surface area contributed by atoms with Crippen LogP contribution in [-0.2, 0) is 0 Å². The van der Waals surface area contributed by atoms with Crippen LogP contribution < -0.4 is 5.32 Å². The molecule has 1 saturated carbocycles. The number of rotatable bonds is 4. The molecule has 2 rings (SSSR count). The maximum atomic E-state index is 9.60. The number of hydrogen-bond donors (Lipinski definition) is 2. The highest BCUT2D eigenvalue weighted by atomic mass is 16.3. The van der Waals surface area contributed by atoms with Crippen molar-refractivity contribution in [3.8, 4) is 0 Å². The van der Waals surface area contributed by atoms with E-state index in [1.54, 1.807) is 0 Å². The lowest BCUT2D eigenvalue weighted by Gasteiger charge is -2.19. The highest BCUT2D eigenvalue weighted by molar-refractivity contribution is 4.82. The third-order valence-corrected chi connectivity index (χ3v) is 3.51. The number of aliphatic hydroxyl groups is 1. The van der Waals surface area contributed by atoms with Crippen LogP contribution in [0.15, 0.2) is 0 Å². The van der Waals surface area contributed by atoms with Gasteiger partial charge in [-0.1, -0.05) is 0 Å². The van der Waals surface area contributed by atoms with E-state index in [2.05, 4.69) is 10.2 Å². The van der Waals surface area contributed by atoms with Gasteiger partial charge in [0.15, 0.2) is 0 Å². The Bertz CT molecular complexity index is 169. The fourth-order valence-corrected chi connectivity index (χ4v) is 2.59. The molecule has 14 heavy (non-hydrogen) atoms. The van der Waals surface area contributed by atoms with E-state index in [1.165, 1.54) is 32.4 Å². The second-order valence-corrected chi connectivity index (χ2v) is 4.61. The summed E-state index contributed by atoms with van der Waals surface area (Å²) >= 11 is 0. The summed E-state index contributed by atoms with van der Waals surface area (Å²) in [6.07, 6.45) is 5.97. The SMILES string of the molecule is O[C@H]1CCC[C@@H]1NCCN1CCCC1. The number of aliphatic hydroxyl groups excluding tert-OH is 1. The van der Waals surface area contributed by atoms with Crippen LogP contribution >= 0.6 is 0 Å². The van der Waals surface area contributed by atoms with Crippen LogP contribution in [0, 0.1) is 0 Å². The molecule has 2 aliphatic rings. The topological polar surface area (TPSA) is 35.5 Å². The quantitative estimate of drug-likeness (QED) is 0.694. The van der Waals surface area contributed by atoms with Gasteiger partial charge in [0.25, 0.3) is 0 Å². The molecule has 0 amide bonds. The maximum Gasteiger partial charge on any atom is 0.0693 e. The van der Waals surface area contributed by atoms with Gasteiger partial charge in [-0.05, 0) is 45.2 Å². The first-order valence-corrected chi connectivity index (χ1v) is 6.00. The van der Waals surface area contributed by atoms with Crippen LogP contribution in [0.5, 0.6) is 0 Å². The predicted molar refractivity (Wildman–Crippen MR) is 57.3 cm³/mol. The zero-order valence-corrected chi connectivity index (χ0v) is 8.91. The van der Waals surface area contributed by atoms with Crippen LogP contribution in [-0.4, -0.2) is 48.3 Å². The van der Waals surface area contributed by atoms with E-state index in [9.17, 15) is 5.11 Å². The number of nitrogens with one attached hydrogen (secondary N) is 1. The van der Waals surface area contributed by atoms with Crippen LogP contribution in [0.2, 0.25) is 0 Å². The maximum absolute atomic E-state index is 9.60. The number of hydrogen-bond acceptors (Lipinski definition) is 3. The van der Waals surface area contributed by atoms with Crippen molar-refractivity contribution < 1.29 is 5.11 Å². The Morgan fingerprint density at radius 2 is 1.93 bits per heavy atom. The van der Waals surface area contributed by atoms with Crippen molar-refractivity contribution in [2.75, 3.05) is 26.2 Å². The van der Waals surface area contributed by atoms with E-state index in [0.29, 0.717) is 6.04 Å². The molecule has 0 bridgehead atoms. The Morgan fingerprint density at radius 3 is 2.57 bits per heavy atom. The first kappa shape index (κ1) is 10.4. The average Bonchev–Trinajstić information content (AvgIpc) is 2.78. The molecule has 0 radical (unpaired) electrons. The molecular weight excluding hydrogens is 176 g/mol. The zero-order chi connectivity index (χ0) is 9.80. The Labute approximate surface area is 86.5 Å². The molecular formula is C11H22N2O. The number of nitrogens with zero attached hydrogens (tertiary/aromatic N) is 1. The van der Waals surface area contributed by atoms with Crippen LogP contribution in [0.1, 0.15) is 32.1 Å². The lowest BCUT2D eigenvalue weighted by molar-refractivity contribution is 0.147. The van der Waals surface area contributed by atoms with Gasteiger partial charge in [-0.25, -0.2) is 0 Å². The summed E-state index contributed by atoms with van der Waals surface area (Å²) in [6, 6.07) is 0.373. The van der Waals surface area contributed by atoms with Crippen LogP contribution in [0.3, 0.4) is 0 Å². The molecule has 0 unspecified atom stereocenters. The highest BCUT2D eigenvalue weighted by Gasteiger charge is 2.24. The van der Waals surface area contributed by atoms with Gasteiger partial charge in [0.05, 0.1) is 6.10 Å². The molecule has 2 N–H and O–H groups in total. The van der Waals surface area contributed by atoms with E-state index in [1.807, 2.05) is 0 Å². The molecule has 3 nitrogen and oxygen atoms in total. The molecule has 0 aromatic carbocycles. The van der Waals surface area contributed by atoms with Gasteiger partial charge in [0.2, 0.25) is 0 Å². The Hall–Kier alpha value is -0.120. The van der Waals surface area contributed by atoms with Crippen molar-refractivity contribution >= 4 is 0 Å². The zero-order valence-electron chi connectivity index (χ0n) is 8.91. The first-order chi connectivity index (χ1) is 6.86. The van der Waals surface area contributed by atoms with Gasteiger partial charge < -0.3 is 15.3 Å². The molecule has 0 aromatic heterocycles. The molecule has 0 spiro atoms. The minimum Gasteiger partial charge on any atom is -0.392 e. The molecule has 1 aliphatic carbocycles. The lowest BCUT2D eigenvalue weighted by atomic mass is 10.2. The van der Waals surface area contributed by atoms with E-state index in [-0.39, 0.29) is 6.10 Å². The van der Waals surface area contributed by atoms with Crippen molar-refractivity contribution in [2.45, 2.75) is 44.2 Å². The smallest absolute Gasteiger partial charge is 0.0693 e. The highest BCUT2D eigenvalue weighted by Crippen LogP contribution is 2.18. The van der Waals surface area contributed by atoms with Crippen molar-refractivity contribution in [1.29, 1.82) is 0 Å². The molecule has 1 heterocycles. The predicted octanol–water partition coefficient (Wildman–Crippen LogP) is 0.585. The van der Waals surface area contributed by atoms with E-state index >= 15 is 0 Å². The second-order valence-electron chi connectivity index (χ2n) is 4.61. The normalized spacial score (nSPS) is 34.1. The molecule has 0 aromatic rings. The molecule has 1 aliphatic heterocycles. The third kappa shape index (κ3) is 2.69. The van der Waals surface area contributed by atoms with E-state index in [0.717, 1.165) is 25.9 Å². The van der Waals surface area contributed by atoms with Gasteiger partial charge >= 0.3 is 0 Å². The lowest BCUT2D eigenvalue weighted by Crippen LogP contribution is -2.40. The third-order valence-electron chi connectivity index (χ3n) is 3.51. The van der Waals surface area contributed by atoms with Crippen molar-refractivity contribution in [3.63, 3.8) is 0 Å². The molecule has 82 valence electrons. The van der Waals surface area contributed by atoms with Crippen LogP contribution in [0.25, 0.3) is 0 Å². The standard InChI is InChI=1S/C11H22N2O/c14-11-5-3-4-10(11)12-6-9-13-7-1-2-8-13/h10-12,14H,1-9H2/t10-,11-/m0/s1. The molecule has 2 fully saturated rings. The van der Waals surface area contributed by atoms with Crippen molar-refractivity contribution in [2.24, 2.45) is 0 Å². The summed E-state index contributed by atoms with van der Waals surface area (Å²) in [5.74, 6) is 0. The minimum absolute atomic E-state index is 0.0893. The Kier molecular flexibility index (Phi) is 3.79. The van der Waals surface area contributed by atoms with Crippen molar-refractivity contribution in [1.82, 2.24) is 10.2 Å².